The summed E-state index contributed by atoms with van der Waals surface area (Å²) in [6, 6.07) is 0. The lowest BCUT2D eigenvalue weighted by molar-refractivity contribution is -0.150. The standard InChI is InChI=1S/C31H54O2/c1-20(9-12-25(32)27(5,6)33)22-14-15-29(8)24-11-10-23-26(3,4)21(2)13-16-30(23)19-31(24,30)18-17-28(22,29)7/h20-25,32-33H,9-19H2,1-8H3/t20-,21+,22-,23+,24+,25?,28-,29+,30?,31+/m1/s1. The molecule has 5 aliphatic rings. The van der Waals surface area contributed by atoms with Gasteiger partial charge in [0.2, 0.25) is 0 Å². The minimum Gasteiger partial charge on any atom is -0.390 e. The van der Waals surface area contributed by atoms with Crippen LogP contribution in [0.3, 0.4) is 0 Å². The van der Waals surface area contributed by atoms with Gasteiger partial charge in [-0.15, -0.1) is 0 Å². The van der Waals surface area contributed by atoms with E-state index in [2.05, 4.69) is 41.5 Å². The summed E-state index contributed by atoms with van der Waals surface area (Å²) in [6.45, 7) is 19.1. The first-order valence-electron chi connectivity index (χ1n) is 14.6. The first kappa shape index (κ1) is 24.6. The van der Waals surface area contributed by atoms with Crippen LogP contribution in [0.5, 0.6) is 0 Å². The fourth-order valence-corrected chi connectivity index (χ4v) is 11.5. The molecule has 0 bridgehead atoms. The van der Waals surface area contributed by atoms with Gasteiger partial charge in [-0.05, 0) is 141 Å². The van der Waals surface area contributed by atoms with Crippen LogP contribution in [0.1, 0.15) is 126 Å². The second-order valence-electron chi connectivity index (χ2n) is 15.6. The van der Waals surface area contributed by atoms with Crippen molar-refractivity contribution in [2.45, 2.75) is 138 Å². The smallest absolute Gasteiger partial charge is 0.0849 e. The van der Waals surface area contributed by atoms with Gasteiger partial charge in [-0.2, -0.15) is 0 Å². The zero-order chi connectivity index (χ0) is 24.2. The Morgan fingerprint density at radius 2 is 1.45 bits per heavy atom. The van der Waals surface area contributed by atoms with E-state index in [1.807, 2.05) is 0 Å². The number of rotatable bonds is 5. The highest BCUT2D eigenvalue weighted by Crippen LogP contribution is 2.89. The lowest BCUT2D eigenvalue weighted by Crippen LogP contribution is -2.56. The van der Waals surface area contributed by atoms with E-state index in [0.717, 1.165) is 36.5 Å². The van der Waals surface area contributed by atoms with Gasteiger partial charge in [-0.3, -0.25) is 0 Å². The molecule has 0 aliphatic heterocycles. The number of hydrogen-bond acceptors (Lipinski definition) is 2. The molecule has 10 atom stereocenters. The average molecular weight is 459 g/mol. The predicted molar refractivity (Wildman–Crippen MR) is 137 cm³/mol. The van der Waals surface area contributed by atoms with Crippen LogP contribution in [0.2, 0.25) is 0 Å². The van der Waals surface area contributed by atoms with E-state index in [4.69, 9.17) is 0 Å². The summed E-state index contributed by atoms with van der Waals surface area (Å²) in [5, 5.41) is 20.6. The van der Waals surface area contributed by atoms with E-state index in [0.29, 0.717) is 33.0 Å². The highest BCUT2D eigenvalue weighted by molar-refractivity contribution is 5.30. The largest absolute Gasteiger partial charge is 0.390 e. The van der Waals surface area contributed by atoms with Gasteiger partial charge in [-0.1, -0.05) is 41.5 Å². The summed E-state index contributed by atoms with van der Waals surface area (Å²) in [5.74, 6) is 4.16. The van der Waals surface area contributed by atoms with Gasteiger partial charge >= 0.3 is 0 Å². The van der Waals surface area contributed by atoms with Gasteiger partial charge in [-0.25, -0.2) is 0 Å². The number of aliphatic hydroxyl groups is 2. The molecule has 5 aliphatic carbocycles. The van der Waals surface area contributed by atoms with E-state index in [9.17, 15) is 10.2 Å². The van der Waals surface area contributed by atoms with Gasteiger partial charge in [0.15, 0.2) is 0 Å². The van der Waals surface area contributed by atoms with Crippen molar-refractivity contribution in [1.82, 2.24) is 0 Å². The average Bonchev–Trinajstić information content (AvgIpc) is 3.31. The maximum absolute atomic E-state index is 10.4. The monoisotopic (exact) mass is 458 g/mol. The van der Waals surface area contributed by atoms with Crippen molar-refractivity contribution in [2.75, 3.05) is 0 Å². The fraction of sp³-hybridized carbons (Fsp3) is 1.00. The molecule has 2 N–H and O–H groups in total. The van der Waals surface area contributed by atoms with Crippen molar-refractivity contribution in [3.8, 4) is 0 Å². The zero-order valence-electron chi connectivity index (χ0n) is 23.1. The Balaban J connectivity index is 1.37. The molecule has 5 saturated carbocycles. The Bertz CT molecular complexity index is 780. The quantitative estimate of drug-likeness (QED) is 0.445. The molecule has 0 heterocycles. The third kappa shape index (κ3) is 3.04. The summed E-state index contributed by atoms with van der Waals surface area (Å²) in [5.41, 5.74) is 1.79. The van der Waals surface area contributed by atoms with E-state index in [1.54, 1.807) is 20.3 Å². The lowest BCUT2D eigenvalue weighted by atomic mass is 9.41. The molecule has 2 unspecified atom stereocenters. The summed E-state index contributed by atoms with van der Waals surface area (Å²) in [4.78, 5) is 0. The molecule has 0 saturated heterocycles. The van der Waals surface area contributed by atoms with E-state index in [1.165, 1.54) is 51.4 Å². The molecule has 2 spiro atoms. The Hall–Kier alpha value is -0.0800. The Kier molecular flexibility index (Phi) is 5.40. The lowest BCUT2D eigenvalue weighted by Gasteiger charge is -2.63. The number of hydrogen-bond donors (Lipinski definition) is 2. The van der Waals surface area contributed by atoms with Gasteiger partial charge in [0.05, 0.1) is 11.7 Å². The second kappa shape index (κ2) is 7.24. The normalized spacial score (nSPS) is 52.2. The molecule has 0 aromatic carbocycles. The van der Waals surface area contributed by atoms with Crippen LogP contribution >= 0.6 is 0 Å². The van der Waals surface area contributed by atoms with E-state index >= 15 is 0 Å². The van der Waals surface area contributed by atoms with Gasteiger partial charge in [0.1, 0.15) is 0 Å². The van der Waals surface area contributed by atoms with Crippen molar-refractivity contribution in [1.29, 1.82) is 0 Å². The Morgan fingerprint density at radius 3 is 2.12 bits per heavy atom. The van der Waals surface area contributed by atoms with Crippen LogP contribution < -0.4 is 0 Å². The maximum atomic E-state index is 10.4. The fourth-order valence-electron chi connectivity index (χ4n) is 11.5. The van der Waals surface area contributed by atoms with Gasteiger partial charge in [0.25, 0.3) is 0 Å². The molecule has 0 radical (unpaired) electrons. The van der Waals surface area contributed by atoms with Crippen LogP contribution in [0.25, 0.3) is 0 Å². The first-order valence-corrected chi connectivity index (χ1v) is 14.6. The highest BCUT2D eigenvalue weighted by atomic mass is 16.3. The maximum Gasteiger partial charge on any atom is 0.0849 e. The van der Waals surface area contributed by atoms with Crippen LogP contribution in [0, 0.1) is 56.7 Å². The molecule has 33 heavy (non-hydrogen) atoms. The van der Waals surface area contributed by atoms with Crippen molar-refractivity contribution in [2.24, 2.45) is 56.7 Å². The molecule has 0 aromatic rings. The van der Waals surface area contributed by atoms with Gasteiger partial charge < -0.3 is 10.2 Å². The predicted octanol–water partition coefficient (Wildman–Crippen LogP) is 7.61. The minimum absolute atomic E-state index is 0.441. The second-order valence-corrected chi connectivity index (χ2v) is 15.6. The van der Waals surface area contributed by atoms with Crippen molar-refractivity contribution in [3.05, 3.63) is 0 Å². The van der Waals surface area contributed by atoms with Crippen LogP contribution in [-0.4, -0.2) is 21.9 Å². The number of fused-ring (bicyclic) bond motifs is 2. The summed E-state index contributed by atoms with van der Waals surface area (Å²) >= 11 is 0. The highest BCUT2D eigenvalue weighted by Gasteiger charge is 2.81. The molecule has 0 amide bonds. The molecule has 2 nitrogen and oxygen atoms in total. The summed E-state index contributed by atoms with van der Waals surface area (Å²) in [6.07, 6.45) is 14.3. The van der Waals surface area contributed by atoms with E-state index < -0.39 is 11.7 Å². The SMILES string of the molecule is C[C@H](CCC(O)C(C)(C)O)[C@H]1CC[C@@]2(C)[C@@H]3CC[C@H]4C(C)(C)[C@@H](C)CCC45C[C@@]35CC[C@]12C. The third-order valence-corrected chi connectivity index (χ3v) is 14.1. The van der Waals surface area contributed by atoms with Crippen LogP contribution in [0.15, 0.2) is 0 Å². The molecular formula is C31H54O2. The van der Waals surface area contributed by atoms with Crippen LogP contribution in [-0.2, 0) is 0 Å². The Labute approximate surface area is 204 Å². The zero-order valence-corrected chi connectivity index (χ0v) is 23.1. The van der Waals surface area contributed by atoms with E-state index in [-0.39, 0.29) is 0 Å². The first-order chi connectivity index (χ1) is 15.2. The summed E-state index contributed by atoms with van der Waals surface area (Å²) < 4.78 is 0. The minimum atomic E-state index is -0.991. The third-order valence-electron chi connectivity index (χ3n) is 14.1. The van der Waals surface area contributed by atoms with Crippen molar-refractivity contribution in [3.63, 3.8) is 0 Å². The molecule has 2 heteroatoms. The Morgan fingerprint density at radius 1 is 0.818 bits per heavy atom. The molecule has 0 aromatic heterocycles. The van der Waals surface area contributed by atoms with Crippen molar-refractivity contribution >= 4 is 0 Å². The topological polar surface area (TPSA) is 40.5 Å². The number of aliphatic hydroxyl groups excluding tert-OH is 1. The molecular weight excluding hydrogens is 404 g/mol. The molecule has 5 fully saturated rings. The van der Waals surface area contributed by atoms with Crippen LogP contribution in [0.4, 0.5) is 0 Å². The van der Waals surface area contributed by atoms with Gasteiger partial charge in [0, 0.05) is 0 Å². The molecule has 5 rings (SSSR count). The summed E-state index contributed by atoms with van der Waals surface area (Å²) in [7, 11) is 0. The molecule has 190 valence electrons. The van der Waals surface area contributed by atoms with Crippen molar-refractivity contribution < 1.29 is 10.2 Å².